The van der Waals surface area contributed by atoms with Crippen molar-refractivity contribution >= 4 is 65.6 Å². The zero-order valence-electron chi connectivity index (χ0n) is 41.4. The lowest BCUT2D eigenvalue weighted by atomic mass is 9.65. The van der Waals surface area contributed by atoms with Gasteiger partial charge < -0.3 is 9.80 Å². The van der Waals surface area contributed by atoms with E-state index in [0.29, 0.717) is 0 Å². The number of benzene rings is 12. The smallest absolute Gasteiger partial charge is 0.0726 e. The molecule has 76 heavy (non-hydrogen) atoms. The highest BCUT2D eigenvalue weighted by Gasteiger charge is 2.50. The summed E-state index contributed by atoms with van der Waals surface area (Å²) in [5.74, 6) is 0. The molecule has 0 saturated carbocycles. The number of rotatable bonds is 5. The topological polar surface area (TPSA) is 6.48 Å². The largest absolute Gasteiger partial charge is 0.310 e. The van der Waals surface area contributed by atoms with Gasteiger partial charge in [0.2, 0.25) is 0 Å². The summed E-state index contributed by atoms with van der Waals surface area (Å²) in [5.41, 5.74) is 25.9. The Kier molecular flexibility index (Phi) is 9.45. The van der Waals surface area contributed by atoms with E-state index in [1.165, 1.54) is 92.5 Å². The minimum atomic E-state index is -0.684. The van der Waals surface area contributed by atoms with Crippen LogP contribution in [-0.4, -0.2) is 0 Å². The van der Waals surface area contributed by atoms with Crippen LogP contribution in [-0.2, 0) is 5.41 Å². The van der Waals surface area contributed by atoms with E-state index in [1.807, 2.05) is 11.3 Å². The molecule has 3 aliphatic rings. The molecule has 0 saturated heterocycles. The highest BCUT2D eigenvalue weighted by Crippen LogP contribution is 2.64. The molecular formula is C73H46N2S. The Labute approximate surface area is 446 Å². The zero-order valence-corrected chi connectivity index (χ0v) is 42.2. The molecule has 0 bridgehead atoms. The van der Waals surface area contributed by atoms with Gasteiger partial charge in [0.25, 0.3) is 0 Å². The maximum absolute atomic E-state index is 2.56. The maximum Gasteiger partial charge on any atom is 0.0726 e. The molecule has 1 spiro atoms. The molecule has 1 atom stereocenters. The van der Waals surface area contributed by atoms with Crippen LogP contribution in [0.1, 0.15) is 22.3 Å². The first kappa shape index (κ1) is 42.9. The van der Waals surface area contributed by atoms with Crippen molar-refractivity contribution in [3.05, 3.63) is 301 Å². The van der Waals surface area contributed by atoms with Crippen molar-refractivity contribution in [2.45, 2.75) is 5.41 Å². The Morgan fingerprint density at radius 3 is 1.61 bits per heavy atom. The Morgan fingerprint density at radius 2 is 0.842 bits per heavy atom. The minimum Gasteiger partial charge on any atom is -0.310 e. The molecule has 13 aromatic rings. The van der Waals surface area contributed by atoms with Crippen molar-refractivity contribution in [3.8, 4) is 66.8 Å². The van der Waals surface area contributed by atoms with Gasteiger partial charge in [-0.25, -0.2) is 0 Å². The maximum atomic E-state index is 2.56. The second-order valence-corrected chi connectivity index (χ2v) is 21.3. The number of para-hydroxylation sites is 3. The van der Waals surface area contributed by atoms with Crippen LogP contribution < -0.4 is 9.80 Å². The number of nitrogens with zero attached hydrogens (tertiary/aromatic N) is 2. The van der Waals surface area contributed by atoms with E-state index in [1.54, 1.807) is 0 Å². The van der Waals surface area contributed by atoms with Crippen LogP contribution in [0.4, 0.5) is 34.1 Å². The van der Waals surface area contributed by atoms with Crippen LogP contribution in [0.15, 0.2) is 279 Å². The molecule has 16 rings (SSSR count). The average molecular weight is 983 g/mol. The molecule has 0 radical (unpaired) electrons. The summed E-state index contributed by atoms with van der Waals surface area (Å²) < 4.78 is 2.66. The van der Waals surface area contributed by atoms with Crippen LogP contribution >= 0.6 is 11.3 Å². The fourth-order valence-electron chi connectivity index (χ4n) is 13.3. The van der Waals surface area contributed by atoms with Gasteiger partial charge in [0.05, 0.1) is 22.5 Å². The molecule has 1 unspecified atom stereocenters. The first-order valence-electron chi connectivity index (χ1n) is 26.2. The van der Waals surface area contributed by atoms with E-state index in [2.05, 4.69) is 289 Å². The third kappa shape index (κ3) is 6.09. The van der Waals surface area contributed by atoms with Gasteiger partial charge in [-0.05, 0) is 127 Å². The second kappa shape index (κ2) is 16.7. The van der Waals surface area contributed by atoms with Gasteiger partial charge >= 0.3 is 0 Å². The van der Waals surface area contributed by atoms with Gasteiger partial charge in [-0.2, -0.15) is 0 Å². The highest BCUT2D eigenvalue weighted by atomic mass is 32.1. The van der Waals surface area contributed by atoms with Crippen molar-refractivity contribution < 1.29 is 0 Å². The van der Waals surface area contributed by atoms with Crippen molar-refractivity contribution in [1.82, 2.24) is 0 Å². The number of fused-ring (bicyclic) bond motifs is 21. The van der Waals surface area contributed by atoms with Gasteiger partial charge in [0.15, 0.2) is 0 Å². The lowest BCUT2D eigenvalue weighted by molar-refractivity contribution is 0.776. The van der Waals surface area contributed by atoms with Crippen LogP contribution in [0.3, 0.4) is 0 Å². The molecule has 2 nitrogen and oxygen atoms in total. The first-order valence-corrected chi connectivity index (χ1v) is 27.1. The minimum absolute atomic E-state index is 0.684. The normalized spacial score (nSPS) is 14.3. The standard InChI is InChI=1S/C73H46N2S/c1-3-21-47(22-4-1)51-25-13-18-36-67(51)74(49-40-44-69-62(45-49)55-29-10-9-28-54(55)58-31-14-19-37-68(58)75(69)48-23-5-2-6-24-48)50-39-41-57-53-27-8-7-26-52(53)56-30-11-16-34-63(56)73(66(57)46-50)64-35-17-12-33-61(64)71-65(73)43-42-60-59-32-15-20-38-70(59)76-72(60)71/h1-46H. The Balaban J connectivity index is 1.02. The molecule has 3 heteroatoms. The van der Waals surface area contributed by atoms with E-state index in [9.17, 15) is 0 Å². The molecule has 2 aliphatic carbocycles. The molecule has 0 fully saturated rings. The van der Waals surface area contributed by atoms with E-state index in [0.717, 1.165) is 50.8 Å². The highest BCUT2D eigenvalue weighted by molar-refractivity contribution is 7.26. The van der Waals surface area contributed by atoms with E-state index in [4.69, 9.17) is 0 Å². The first-order chi connectivity index (χ1) is 37.7. The Bertz CT molecular complexity index is 4490. The SMILES string of the molecule is c1ccc(-c2ccccc2N(c2ccc3c(c2)-c2ccccc2-c2ccccc2N3c2ccccc2)c2ccc3c(c2)C2(c4ccccc4-c4ccccc4-3)c3ccccc3-c3c2ccc2c3sc3ccccc32)cc1. The quantitative estimate of drug-likeness (QED) is 0.170. The fraction of sp³-hybridized carbons (Fsp3) is 0.0137. The lowest BCUT2D eigenvalue weighted by Crippen LogP contribution is -2.29. The van der Waals surface area contributed by atoms with Crippen molar-refractivity contribution in [2.24, 2.45) is 0 Å². The molecule has 1 aliphatic heterocycles. The zero-order chi connectivity index (χ0) is 49.9. The monoisotopic (exact) mass is 982 g/mol. The summed E-state index contributed by atoms with van der Waals surface area (Å²) in [6, 6.07) is 104. The molecule has 1 aromatic heterocycles. The van der Waals surface area contributed by atoms with Gasteiger partial charge in [-0.3, -0.25) is 0 Å². The van der Waals surface area contributed by atoms with Gasteiger partial charge in [0.1, 0.15) is 0 Å². The summed E-state index contributed by atoms with van der Waals surface area (Å²) in [5, 5.41) is 2.62. The number of thiophene rings is 1. The number of anilines is 6. The lowest BCUT2D eigenvalue weighted by Gasteiger charge is -2.37. The van der Waals surface area contributed by atoms with Crippen molar-refractivity contribution in [1.29, 1.82) is 0 Å². The molecule has 12 aromatic carbocycles. The van der Waals surface area contributed by atoms with Crippen molar-refractivity contribution in [3.63, 3.8) is 0 Å². The van der Waals surface area contributed by atoms with Crippen LogP contribution in [0.2, 0.25) is 0 Å². The third-order valence-corrected chi connectivity index (χ3v) is 17.6. The number of hydrogen-bond donors (Lipinski definition) is 0. The average Bonchev–Trinajstić information content (AvgIpc) is 4.14. The van der Waals surface area contributed by atoms with Gasteiger partial charge in [-0.1, -0.05) is 218 Å². The van der Waals surface area contributed by atoms with Crippen molar-refractivity contribution in [2.75, 3.05) is 9.80 Å². The summed E-state index contributed by atoms with van der Waals surface area (Å²) >= 11 is 1.93. The number of hydrogen-bond acceptors (Lipinski definition) is 3. The predicted octanol–water partition coefficient (Wildman–Crippen LogP) is 20.3. The van der Waals surface area contributed by atoms with E-state index >= 15 is 0 Å². The summed E-state index contributed by atoms with van der Waals surface area (Å²) in [7, 11) is 0. The third-order valence-electron chi connectivity index (χ3n) is 16.4. The van der Waals surface area contributed by atoms with Crippen LogP contribution in [0.5, 0.6) is 0 Å². The van der Waals surface area contributed by atoms with Gasteiger partial charge in [0, 0.05) is 59.5 Å². The molecular weight excluding hydrogens is 937 g/mol. The van der Waals surface area contributed by atoms with Crippen LogP contribution in [0, 0.1) is 0 Å². The van der Waals surface area contributed by atoms with Crippen LogP contribution in [0.25, 0.3) is 86.9 Å². The summed E-state index contributed by atoms with van der Waals surface area (Å²) in [6.45, 7) is 0. The Hall–Kier alpha value is -9.54. The van der Waals surface area contributed by atoms with E-state index in [-0.39, 0.29) is 0 Å². The predicted molar refractivity (Wildman–Crippen MR) is 320 cm³/mol. The molecule has 0 N–H and O–H groups in total. The molecule has 0 amide bonds. The van der Waals surface area contributed by atoms with Gasteiger partial charge in [-0.15, -0.1) is 11.3 Å². The summed E-state index contributed by atoms with van der Waals surface area (Å²) in [6.07, 6.45) is 0. The Morgan fingerprint density at radius 1 is 0.316 bits per heavy atom. The molecule has 354 valence electrons. The molecule has 2 heterocycles. The fourth-order valence-corrected chi connectivity index (χ4v) is 14.6. The second-order valence-electron chi connectivity index (χ2n) is 20.2. The van der Waals surface area contributed by atoms with E-state index < -0.39 is 5.41 Å². The summed E-state index contributed by atoms with van der Waals surface area (Å²) in [4.78, 5) is 4.98.